The molecule has 0 heterocycles. The normalized spacial score (nSPS) is 14.4. The highest BCUT2D eigenvalue weighted by Crippen LogP contribution is 2.58. The smallest absolute Gasteiger partial charge is 0.209 e. The summed E-state index contributed by atoms with van der Waals surface area (Å²) in [6.07, 6.45) is 0. The number of rotatable bonds is 5. The minimum absolute atomic E-state index is 0.197. The van der Waals surface area contributed by atoms with Gasteiger partial charge in [0, 0.05) is 16.4 Å². The van der Waals surface area contributed by atoms with E-state index in [1.165, 1.54) is 0 Å². The van der Waals surface area contributed by atoms with Crippen LogP contribution in [0.5, 0.6) is 0 Å². The monoisotopic (exact) mass is 316 g/mol. The van der Waals surface area contributed by atoms with E-state index in [4.69, 9.17) is 0 Å². The van der Waals surface area contributed by atoms with Crippen LogP contribution in [-0.4, -0.2) is 25.4 Å². The summed E-state index contributed by atoms with van der Waals surface area (Å²) in [6, 6.07) is 8.18. The van der Waals surface area contributed by atoms with Crippen LogP contribution in [0.3, 0.4) is 0 Å². The molecule has 0 aromatic heterocycles. The third-order valence-electron chi connectivity index (χ3n) is 2.61. The molecule has 1 aromatic rings. The molecule has 0 aliphatic carbocycles. The third kappa shape index (κ3) is 3.43. The van der Waals surface area contributed by atoms with E-state index in [0.717, 1.165) is 0 Å². The van der Waals surface area contributed by atoms with Crippen molar-refractivity contribution in [1.82, 2.24) is 0 Å². The zero-order chi connectivity index (χ0) is 14.7. The number of benzene rings is 1. The lowest BCUT2D eigenvalue weighted by Gasteiger charge is -2.36. The Hall–Kier alpha value is -0.730. The predicted molar refractivity (Wildman–Crippen MR) is 69.4 cm³/mol. The fraction of sp³-hybridized carbons (Fsp3) is 0.455. The average Bonchev–Trinajstić information content (AvgIpc) is 2.36. The van der Waals surface area contributed by atoms with E-state index in [1.54, 1.807) is 44.2 Å². The number of halogens is 3. The van der Waals surface area contributed by atoms with Gasteiger partial charge in [-0.15, -0.1) is 0 Å². The summed E-state index contributed by atoms with van der Waals surface area (Å²) in [5, 5.41) is 0. The van der Waals surface area contributed by atoms with Gasteiger partial charge in [-0.1, -0.05) is 42.4 Å². The Morgan fingerprint density at radius 1 is 1.05 bits per heavy atom. The van der Waals surface area contributed by atoms with Gasteiger partial charge in [0.15, 0.2) is 0 Å². The van der Waals surface area contributed by atoms with Gasteiger partial charge in [0.1, 0.15) is 0 Å². The summed E-state index contributed by atoms with van der Waals surface area (Å²) in [6.45, 7) is 3.25. The quantitative estimate of drug-likeness (QED) is 0.779. The lowest BCUT2D eigenvalue weighted by Crippen LogP contribution is -2.28. The molecule has 8 heteroatoms. The maximum Gasteiger partial charge on any atom is 0.523 e. The first-order chi connectivity index (χ1) is 8.68. The van der Waals surface area contributed by atoms with Gasteiger partial charge >= 0.3 is 15.6 Å². The summed E-state index contributed by atoms with van der Waals surface area (Å²) in [5.74, 6) is 0.394. The minimum atomic E-state index is -5.59. The van der Waals surface area contributed by atoms with Crippen LogP contribution < -0.4 is 0 Å². The second-order valence-electron chi connectivity index (χ2n) is 3.67. The highest BCUT2D eigenvalue weighted by atomic mass is 32.3. The Labute approximate surface area is 112 Å². The van der Waals surface area contributed by atoms with Crippen molar-refractivity contribution in [3.8, 4) is 0 Å². The molecule has 0 amide bonds. The van der Waals surface area contributed by atoms with Gasteiger partial charge < -0.3 is 0 Å². The van der Waals surface area contributed by atoms with Crippen molar-refractivity contribution in [1.29, 1.82) is 0 Å². The van der Waals surface area contributed by atoms with Crippen LogP contribution in [-0.2, 0) is 13.7 Å². The largest absolute Gasteiger partial charge is 0.523 e. The number of alkyl halides is 3. The van der Waals surface area contributed by atoms with Gasteiger partial charge in [-0.05, 0) is 12.1 Å². The second-order valence-corrected chi connectivity index (χ2v) is 8.84. The zero-order valence-electron chi connectivity index (χ0n) is 10.5. The van der Waals surface area contributed by atoms with Crippen LogP contribution >= 0.6 is 10.3 Å². The van der Waals surface area contributed by atoms with Crippen LogP contribution in [0.15, 0.2) is 35.2 Å². The zero-order valence-corrected chi connectivity index (χ0v) is 12.1. The molecule has 1 rings (SSSR count). The maximum absolute atomic E-state index is 12.5. The van der Waals surface area contributed by atoms with Gasteiger partial charge in [-0.3, -0.25) is 0 Å². The van der Waals surface area contributed by atoms with Gasteiger partial charge in [0.25, 0.3) is 0 Å². The van der Waals surface area contributed by atoms with Gasteiger partial charge in [-0.25, -0.2) is 3.63 Å². The highest BCUT2D eigenvalue weighted by Gasteiger charge is 2.50. The molecule has 0 bridgehead atoms. The van der Waals surface area contributed by atoms with Gasteiger partial charge in [0.05, 0.1) is 0 Å². The second kappa shape index (κ2) is 5.72. The molecule has 3 nitrogen and oxygen atoms in total. The molecule has 0 unspecified atom stereocenters. The van der Waals surface area contributed by atoms with Gasteiger partial charge in [-0.2, -0.15) is 21.6 Å². The Morgan fingerprint density at radius 2 is 1.53 bits per heavy atom. The summed E-state index contributed by atoms with van der Waals surface area (Å²) in [5.41, 5.74) is -5.40. The Morgan fingerprint density at radius 3 is 1.89 bits per heavy atom. The Balaban J connectivity index is 3.24. The average molecular weight is 316 g/mol. The number of hydrogen-bond donors (Lipinski definition) is 0. The van der Waals surface area contributed by atoms with Crippen LogP contribution in [0, 0.1) is 0 Å². The van der Waals surface area contributed by atoms with Crippen molar-refractivity contribution < 1.29 is 25.2 Å². The van der Waals surface area contributed by atoms with E-state index in [2.05, 4.69) is 3.63 Å². The molecule has 0 aliphatic heterocycles. The van der Waals surface area contributed by atoms with Crippen molar-refractivity contribution in [3.63, 3.8) is 0 Å². The van der Waals surface area contributed by atoms with Crippen molar-refractivity contribution in [2.24, 2.45) is 0 Å². The standard InChI is InChI=1S/C11H15F3O3S2/c1-3-18(4-2,10-8-6-5-7-9-10)17-19(15,16)11(12,13)14/h5-9H,3-4H2,1-2H3. The molecule has 0 N–H and O–H groups in total. The van der Waals surface area contributed by atoms with Crippen molar-refractivity contribution in [2.45, 2.75) is 24.3 Å². The van der Waals surface area contributed by atoms with E-state index in [1.807, 2.05) is 0 Å². The predicted octanol–water partition coefficient (Wildman–Crippen LogP) is 3.67. The van der Waals surface area contributed by atoms with Crippen molar-refractivity contribution in [3.05, 3.63) is 30.3 Å². The molecule has 0 atom stereocenters. The minimum Gasteiger partial charge on any atom is -0.209 e. The SMILES string of the molecule is CCS(CC)(OS(=O)(=O)C(F)(F)F)c1ccccc1. The molecular formula is C11H15F3O3S2. The third-order valence-corrected chi connectivity index (χ3v) is 7.93. The van der Waals surface area contributed by atoms with Crippen LogP contribution in [0.2, 0.25) is 0 Å². The number of hydrogen-bond acceptors (Lipinski definition) is 3. The summed E-state index contributed by atoms with van der Waals surface area (Å²) < 4.78 is 64.4. The van der Waals surface area contributed by atoms with Crippen LogP contribution in [0.1, 0.15) is 13.8 Å². The van der Waals surface area contributed by atoms with E-state index in [9.17, 15) is 21.6 Å². The fourth-order valence-electron chi connectivity index (χ4n) is 1.55. The molecule has 0 saturated heterocycles. The Bertz CT molecular complexity index is 508. The lowest BCUT2D eigenvalue weighted by molar-refractivity contribution is -0.0496. The Kier molecular flexibility index (Phi) is 4.91. The van der Waals surface area contributed by atoms with Crippen LogP contribution in [0.25, 0.3) is 0 Å². The first-order valence-electron chi connectivity index (χ1n) is 5.54. The summed E-state index contributed by atoms with van der Waals surface area (Å²) in [4.78, 5) is 0.493. The first-order valence-corrected chi connectivity index (χ1v) is 8.85. The molecule has 0 radical (unpaired) electrons. The molecule has 110 valence electrons. The lowest BCUT2D eigenvalue weighted by atomic mass is 10.4. The molecule has 19 heavy (non-hydrogen) atoms. The van der Waals surface area contributed by atoms with E-state index in [0.29, 0.717) is 4.90 Å². The van der Waals surface area contributed by atoms with Gasteiger partial charge in [0.2, 0.25) is 0 Å². The highest BCUT2D eigenvalue weighted by molar-refractivity contribution is 8.33. The molecular weight excluding hydrogens is 301 g/mol. The molecule has 1 aromatic carbocycles. The van der Waals surface area contributed by atoms with Crippen molar-refractivity contribution in [2.75, 3.05) is 11.5 Å². The van der Waals surface area contributed by atoms with E-state index in [-0.39, 0.29) is 11.5 Å². The first kappa shape index (κ1) is 16.3. The van der Waals surface area contributed by atoms with E-state index >= 15 is 0 Å². The van der Waals surface area contributed by atoms with E-state index < -0.39 is 25.9 Å². The topological polar surface area (TPSA) is 43.4 Å². The van der Waals surface area contributed by atoms with Crippen molar-refractivity contribution >= 4 is 20.4 Å². The molecule has 0 fully saturated rings. The molecule has 0 spiro atoms. The van der Waals surface area contributed by atoms with Crippen LogP contribution in [0.4, 0.5) is 13.2 Å². The molecule has 0 aliphatic rings. The maximum atomic E-state index is 12.5. The summed E-state index contributed by atoms with van der Waals surface area (Å²) >= 11 is 0. The fourth-order valence-corrected chi connectivity index (χ4v) is 6.04. The molecule has 0 saturated carbocycles. The summed E-state index contributed by atoms with van der Waals surface area (Å²) in [7, 11) is -8.09.